The van der Waals surface area contributed by atoms with Gasteiger partial charge in [-0.15, -0.1) is 0 Å². The van der Waals surface area contributed by atoms with E-state index in [9.17, 15) is 0 Å². The first-order chi connectivity index (χ1) is 10.9. The van der Waals surface area contributed by atoms with Crippen molar-refractivity contribution in [2.24, 2.45) is 39.9 Å². The van der Waals surface area contributed by atoms with Crippen molar-refractivity contribution in [2.45, 2.75) is 105 Å². The second kappa shape index (κ2) is 5.50. The Morgan fingerprint density at radius 1 is 0.783 bits per heavy atom. The highest BCUT2D eigenvalue weighted by Crippen LogP contribution is 2.71. The minimum absolute atomic E-state index is 0.641. The first kappa shape index (κ1) is 16.5. The molecular weight excluding hydrogens is 276 g/mol. The molecule has 0 unspecified atom stereocenters. The van der Waals surface area contributed by atoms with Crippen molar-refractivity contribution < 1.29 is 0 Å². The molecule has 4 aliphatic rings. The summed E-state index contributed by atoms with van der Waals surface area (Å²) in [5.41, 5.74) is 2.01. The van der Waals surface area contributed by atoms with Crippen LogP contribution in [0.2, 0.25) is 0 Å². The van der Waals surface area contributed by atoms with Crippen LogP contribution in [0.5, 0.6) is 0 Å². The summed E-state index contributed by atoms with van der Waals surface area (Å²) in [7, 11) is 0. The summed E-state index contributed by atoms with van der Waals surface area (Å²) in [4.78, 5) is 0. The molecule has 0 N–H and O–H groups in total. The monoisotopic (exact) mass is 316 g/mol. The summed E-state index contributed by atoms with van der Waals surface area (Å²) in [6.07, 6.45) is 18.3. The summed E-state index contributed by atoms with van der Waals surface area (Å²) in [5, 5.41) is 0. The molecule has 0 aliphatic heterocycles. The van der Waals surface area contributed by atoms with Gasteiger partial charge in [-0.1, -0.05) is 47.0 Å². The average Bonchev–Trinajstić information content (AvgIpc) is 2.79. The van der Waals surface area contributed by atoms with E-state index in [0.29, 0.717) is 16.2 Å². The average molecular weight is 317 g/mol. The molecule has 0 spiro atoms. The van der Waals surface area contributed by atoms with Gasteiger partial charge in [0.25, 0.3) is 0 Å². The Hall–Kier alpha value is 0. The minimum Gasteiger partial charge on any atom is -0.0654 e. The van der Waals surface area contributed by atoms with Crippen LogP contribution in [-0.4, -0.2) is 0 Å². The summed E-state index contributed by atoms with van der Waals surface area (Å²) in [5.74, 6) is 4.28. The van der Waals surface area contributed by atoms with Crippen molar-refractivity contribution in [2.75, 3.05) is 0 Å². The van der Waals surface area contributed by atoms with E-state index in [1.165, 1.54) is 38.5 Å². The van der Waals surface area contributed by atoms with Crippen LogP contribution in [0, 0.1) is 39.9 Å². The van der Waals surface area contributed by atoms with Crippen LogP contribution in [0.3, 0.4) is 0 Å². The van der Waals surface area contributed by atoms with E-state index in [1.807, 2.05) is 0 Å². The van der Waals surface area contributed by atoms with Crippen LogP contribution in [0.1, 0.15) is 105 Å². The van der Waals surface area contributed by atoms with Gasteiger partial charge in [0.1, 0.15) is 0 Å². The summed E-state index contributed by atoms with van der Waals surface area (Å²) < 4.78 is 0. The molecular formula is C23H40. The van der Waals surface area contributed by atoms with Crippen molar-refractivity contribution in [3.63, 3.8) is 0 Å². The predicted octanol–water partition coefficient (Wildman–Crippen LogP) is 7.23. The molecule has 0 heteroatoms. The largest absolute Gasteiger partial charge is 0.0654 e. The van der Waals surface area contributed by atoms with Crippen molar-refractivity contribution in [3.05, 3.63) is 0 Å². The third-order valence-electron chi connectivity index (χ3n) is 10.2. The lowest BCUT2D eigenvalue weighted by Gasteiger charge is -2.61. The van der Waals surface area contributed by atoms with Crippen LogP contribution in [-0.2, 0) is 0 Å². The fourth-order valence-corrected chi connectivity index (χ4v) is 8.62. The van der Waals surface area contributed by atoms with Gasteiger partial charge in [0.2, 0.25) is 0 Å². The van der Waals surface area contributed by atoms with Gasteiger partial charge < -0.3 is 0 Å². The first-order valence-corrected chi connectivity index (χ1v) is 10.9. The maximum Gasteiger partial charge on any atom is -0.0241 e. The topological polar surface area (TPSA) is 0 Å². The second-order valence-corrected chi connectivity index (χ2v) is 10.7. The normalized spacial score (nSPS) is 55.8. The lowest BCUT2D eigenvalue weighted by Crippen LogP contribution is -2.54. The molecule has 7 atom stereocenters. The van der Waals surface area contributed by atoms with Gasteiger partial charge in [-0.05, 0) is 97.7 Å². The minimum atomic E-state index is 0.641. The Balaban J connectivity index is 1.63. The molecule has 0 aromatic heterocycles. The molecule has 0 radical (unpaired) electrons. The number of fused-ring (bicyclic) bond motifs is 5. The highest BCUT2D eigenvalue weighted by molar-refractivity contribution is 5.11. The van der Waals surface area contributed by atoms with Crippen LogP contribution >= 0.6 is 0 Å². The Labute approximate surface area is 145 Å². The highest BCUT2D eigenvalue weighted by atomic mass is 14.7. The molecule has 4 rings (SSSR count). The molecule has 4 fully saturated rings. The molecule has 4 aliphatic carbocycles. The van der Waals surface area contributed by atoms with Gasteiger partial charge in [-0.2, -0.15) is 0 Å². The SMILES string of the molecule is CCC[C@]1(C)CC[C@H]2[C@@H]3CC[C@H]4CCCC[C@]4(C)[C@H]3CC[C@@]21C. The fourth-order valence-electron chi connectivity index (χ4n) is 8.62. The molecule has 23 heavy (non-hydrogen) atoms. The molecule has 0 saturated heterocycles. The lowest BCUT2D eigenvalue weighted by molar-refractivity contribution is -0.124. The Bertz CT molecular complexity index is 453. The van der Waals surface area contributed by atoms with Gasteiger partial charge >= 0.3 is 0 Å². The molecule has 132 valence electrons. The van der Waals surface area contributed by atoms with Gasteiger partial charge in [-0.25, -0.2) is 0 Å². The Morgan fingerprint density at radius 3 is 2.35 bits per heavy atom. The lowest BCUT2D eigenvalue weighted by atomic mass is 9.43. The van der Waals surface area contributed by atoms with E-state index >= 15 is 0 Å². The Morgan fingerprint density at radius 2 is 1.57 bits per heavy atom. The summed E-state index contributed by atoms with van der Waals surface area (Å²) >= 11 is 0. The molecule has 0 aromatic carbocycles. The quantitative estimate of drug-likeness (QED) is 0.504. The van der Waals surface area contributed by atoms with E-state index in [2.05, 4.69) is 27.7 Å². The van der Waals surface area contributed by atoms with Crippen molar-refractivity contribution >= 4 is 0 Å². The third kappa shape index (κ3) is 2.15. The third-order valence-corrected chi connectivity index (χ3v) is 10.2. The number of hydrogen-bond donors (Lipinski definition) is 0. The molecule has 0 nitrogen and oxygen atoms in total. The van der Waals surface area contributed by atoms with Gasteiger partial charge in [-0.3, -0.25) is 0 Å². The van der Waals surface area contributed by atoms with Gasteiger partial charge in [0, 0.05) is 0 Å². The number of rotatable bonds is 2. The van der Waals surface area contributed by atoms with Crippen LogP contribution in [0.25, 0.3) is 0 Å². The highest BCUT2D eigenvalue weighted by Gasteiger charge is 2.62. The van der Waals surface area contributed by atoms with Gasteiger partial charge in [0.05, 0.1) is 0 Å². The van der Waals surface area contributed by atoms with Crippen LogP contribution in [0.4, 0.5) is 0 Å². The molecule has 0 aromatic rings. The fraction of sp³-hybridized carbons (Fsp3) is 1.00. The molecule has 0 amide bonds. The van der Waals surface area contributed by atoms with Gasteiger partial charge in [0.15, 0.2) is 0 Å². The van der Waals surface area contributed by atoms with E-state index in [-0.39, 0.29) is 0 Å². The van der Waals surface area contributed by atoms with Crippen LogP contribution < -0.4 is 0 Å². The van der Waals surface area contributed by atoms with E-state index in [4.69, 9.17) is 0 Å². The number of hydrogen-bond acceptors (Lipinski definition) is 0. The van der Waals surface area contributed by atoms with E-state index < -0.39 is 0 Å². The van der Waals surface area contributed by atoms with Crippen molar-refractivity contribution in [1.29, 1.82) is 0 Å². The van der Waals surface area contributed by atoms with Crippen LogP contribution in [0.15, 0.2) is 0 Å². The zero-order chi connectivity index (χ0) is 16.3. The molecule has 0 heterocycles. The molecule has 4 saturated carbocycles. The Kier molecular flexibility index (Phi) is 3.94. The summed E-state index contributed by atoms with van der Waals surface area (Å²) in [6, 6.07) is 0. The van der Waals surface area contributed by atoms with Crippen molar-refractivity contribution in [3.8, 4) is 0 Å². The standard InChI is InChI=1S/C23H40/c1-5-13-21(2)15-11-20-18-10-9-17-8-6-7-14-22(17,3)19(18)12-16-23(20,21)4/h17-20H,5-16H2,1-4H3/t17-,18-,19+,20+,21-,22+,23+/m1/s1. The zero-order valence-corrected chi connectivity index (χ0v) is 16.3. The first-order valence-electron chi connectivity index (χ1n) is 10.9. The smallest absolute Gasteiger partial charge is 0.0241 e. The van der Waals surface area contributed by atoms with Crippen molar-refractivity contribution in [1.82, 2.24) is 0 Å². The maximum atomic E-state index is 2.72. The molecule has 0 bridgehead atoms. The second-order valence-electron chi connectivity index (χ2n) is 10.7. The van der Waals surface area contributed by atoms with E-state index in [0.717, 1.165) is 23.7 Å². The zero-order valence-electron chi connectivity index (χ0n) is 16.3. The predicted molar refractivity (Wildman–Crippen MR) is 99.4 cm³/mol. The van der Waals surface area contributed by atoms with E-state index in [1.54, 1.807) is 38.5 Å². The summed E-state index contributed by atoms with van der Waals surface area (Å²) in [6.45, 7) is 10.5. The maximum absolute atomic E-state index is 2.72.